The van der Waals surface area contributed by atoms with Crippen LogP contribution < -0.4 is 4.90 Å². The summed E-state index contributed by atoms with van der Waals surface area (Å²) in [6, 6.07) is 16.2. The molecule has 4 aromatic rings. The minimum absolute atomic E-state index is 0.0720. The third kappa shape index (κ3) is 2.74. The number of nitrogens with one attached hydrogen (secondary N) is 1. The molecular weight excluding hydrogens is 370 g/mol. The summed E-state index contributed by atoms with van der Waals surface area (Å²) in [5.74, 6) is 0.0720. The molecule has 0 unspecified atom stereocenters. The molecule has 2 aromatic heterocycles. The van der Waals surface area contributed by atoms with E-state index in [1.165, 1.54) is 17.3 Å². The summed E-state index contributed by atoms with van der Waals surface area (Å²) in [5, 5.41) is 9.79. The van der Waals surface area contributed by atoms with Gasteiger partial charge in [0.1, 0.15) is 5.52 Å². The molecule has 140 valence electrons. The Morgan fingerprint density at radius 3 is 2.86 bits per heavy atom. The Hall–Kier alpha value is -2.93. The molecule has 1 N–H and O–H groups in total. The van der Waals surface area contributed by atoms with Crippen molar-refractivity contribution in [3.63, 3.8) is 0 Å². The standard InChI is InChI=1S/C21H19N5OS/c1-12-11-14-7-3-6-10-17(14)26(12)20(27)13(2)28-21-23-19-18(24-25-21)15-8-4-5-9-16(15)22-19/h3-10,12-13H,11H2,1-2H3,(H,22,23,25)/t12-,13+/m0/s1. The first kappa shape index (κ1) is 17.2. The maximum Gasteiger partial charge on any atom is 0.240 e. The smallest absolute Gasteiger partial charge is 0.240 e. The summed E-state index contributed by atoms with van der Waals surface area (Å²) < 4.78 is 0. The molecule has 5 rings (SSSR count). The molecule has 0 spiro atoms. The number of hydrogen-bond donors (Lipinski definition) is 1. The van der Waals surface area contributed by atoms with Gasteiger partial charge in [-0.3, -0.25) is 4.79 Å². The maximum absolute atomic E-state index is 13.1. The molecule has 7 heteroatoms. The predicted octanol–water partition coefficient (Wildman–Crippen LogP) is 3.96. The minimum Gasteiger partial charge on any atom is -0.338 e. The monoisotopic (exact) mass is 389 g/mol. The number of aromatic nitrogens is 4. The van der Waals surface area contributed by atoms with E-state index in [0.717, 1.165) is 28.5 Å². The van der Waals surface area contributed by atoms with Gasteiger partial charge >= 0.3 is 0 Å². The first-order valence-corrected chi connectivity index (χ1v) is 10.2. The summed E-state index contributed by atoms with van der Waals surface area (Å²) in [4.78, 5) is 22.9. The molecule has 2 aromatic carbocycles. The molecule has 0 bridgehead atoms. The van der Waals surface area contributed by atoms with Crippen molar-refractivity contribution in [2.75, 3.05) is 4.90 Å². The number of H-pyrrole nitrogens is 1. The van der Waals surface area contributed by atoms with E-state index >= 15 is 0 Å². The van der Waals surface area contributed by atoms with E-state index < -0.39 is 0 Å². The molecule has 3 heterocycles. The molecule has 1 amide bonds. The van der Waals surface area contributed by atoms with Gasteiger partial charge in [-0.2, -0.15) is 0 Å². The van der Waals surface area contributed by atoms with E-state index in [9.17, 15) is 4.79 Å². The average molecular weight is 389 g/mol. The van der Waals surface area contributed by atoms with Gasteiger partial charge in [0.05, 0.1) is 5.25 Å². The highest BCUT2D eigenvalue weighted by atomic mass is 32.2. The lowest BCUT2D eigenvalue weighted by atomic mass is 10.1. The fraction of sp³-hybridized carbons (Fsp3) is 0.238. The Kier molecular flexibility index (Phi) is 4.05. The van der Waals surface area contributed by atoms with Crippen LogP contribution in [0.2, 0.25) is 0 Å². The van der Waals surface area contributed by atoms with Crippen LogP contribution in [0.5, 0.6) is 0 Å². The first-order chi connectivity index (χ1) is 13.6. The average Bonchev–Trinajstić information content (AvgIpc) is 3.23. The van der Waals surface area contributed by atoms with Gasteiger partial charge in [-0.1, -0.05) is 48.2 Å². The number of para-hydroxylation sites is 2. The number of benzene rings is 2. The van der Waals surface area contributed by atoms with Gasteiger partial charge in [0.2, 0.25) is 11.1 Å². The van der Waals surface area contributed by atoms with Gasteiger partial charge in [-0.25, -0.2) is 4.98 Å². The van der Waals surface area contributed by atoms with Crippen LogP contribution in [0.4, 0.5) is 5.69 Å². The van der Waals surface area contributed by atoms with Gasteiger partial charge in [0, 0.05) is 22.6 Å². The fourth-order valence-corrected chi connectivity index (χ4v) is 4.62. The summed E-state index contributed by atoms with van der Waals surface area (Å²) in [5.41, 5.74) is 4.66. The number of carbonyl (C=O) groups excluding carboxylic acids is 1. The van der Waals surface area contributed by atoms with Crippen LogP contribution >= 0.6 is 11.8 Å². The van der Waals surface area contributed by atoms with Crippen LogP contribution in [-0.2, 0) is 11.2 Å². The molecule has 0 radical (unpaired) electrons. The normalized spacial score (nSPS) is 17.2. The molecular formula is C21H19N5OS. The Morgan fingerprint density at radius 1 is 1.18 bits per heavy atom. The lowest BCUT2D eigenvalue weighted by Crippen LogP contribution is -2.40. The number of rotatable bonds is 3. The Balaban J connectivity index is 1.41. The van der Waals surface area contributed by atoms with Crippen molar-refractivity contribution in [2.24, 2.45) is 0 Å². The highest BCUT2D eigenvalue weighted by Gasteiger charge is 2.33. The van der Waals surface area contributed by atoms with Crippen LogP contribution in [0.1, 0.15) is 19.4 Å². The Morgan fingerprint density at radius 2 is 1.96 bits per heavy atom. The van der Waals surface area contributed by atoms with Crippen LogP contribution in [0, 0.1) is 0 Å². The second kappa shape index (κ2) is 6.60. The fourth-order valence-electron chi connectivity index (χ4n) is 3.86. The van der Waals surface area contributed by atoms with Gasteiger partial charge in [-0.15, -0.1) is 10.2 Å². The number of carbonyl (C=O) groups is 1. The maximum atomic E-state index is 13.1. The zero-order chi connectivity index (χ0) is 19.3. The molecule has 0 saturated carbocycles. The summed E-state index contributed by atoms with van der Waals surface area (Å²) in [6.45, 7) is 3.99. The summed E-state index contributed by atoms with van der Waals surface area (Å²) in [6.07, 6.45) is 0.887. The largest absolute Gasteiger partial charge is 0.338 e. The third-order valence-electron chi connectivity index (χ3n) is 5.18. The number of anilines is 1. The highest BCUT2D eigenvalue weighted by molar-refractivity contribution is 8.00. The van der Waals surface area contributed by atoms with Crippen LogP contribution in [-0.4, -0.2) is 37.4 Å². The van der Waals surface area contributed by atoms with E-state index in [1.54, 1.807) is 0 Å². The lowest BCUT2D eigenvalue weighted by Gasteiger charge is -2.25. The number of amides is 1. The molecule has 6 nitrogen and oxygen atoms in total. The van der Waals surface area contributed by atoms with Gasteiger partial charge in [0.25, 0.3) is 0 Å². The molecule has 28 heavy (non-hydrogen) atoms. The molecule has 1 aliphatic heterocycles. The van der Waals surface area contributed by atoms with Crippen molar-refractivity contribution in [2.45, 2.75) is 36.7 Å². The zero-order valence-electron chi connectivity index (χ0n) is 15.6. The molecule has 1 aliphatic rings. The lowest BCUT2D eigenvalue weighted by molar-refractivity contribution is -0.118. The van der Waals surface area contributed by atoms with Crippen LogP contribution in [0.15, 0.2) is 53.7 Å². The zero-order valence-corrected chi connectivity index (χ0v) is 16.4. The van der Waals surface area contributed by atoms with Crippen molar-refractivity contribution in [1.82, 2.24) is 20.2 Å². The number of hydrogen-bond acceptors (Lipinski definition) is 5. The van der Waals surface area contributed by atoms with E-state index in [-0.39, 0.29) is 17.2 Å². The van der Waals surface area contributed by atoms with Gasteiger partial charge in [0.15, 0.2) is 5.65 Å². The van der Waals surface area contributed by atoms with Gasteiger partial charge in [-0.05, 0) is 38.0 Å². The number of nitrogens with zero attached hydrogens (tertiary/aromatic N) is 4. The second-order valence-corrected chi connectivity index (χ2v) is 8.42. The van der Waals surface area contributed by atoms with E-state index in [2.05, 4.69) is 33.2 Å². The first-order valence-electron chi connectivity index (χ1n) is 9.30. The van der Waals surface area contributed by atoms with Crippen LogP contribution in [0.25, 0.3) is 22.1 Å². The molecule has 0 fully saturated rings. The Bertz CT molecular complexity index is 1200. The van der Waals surface area contributed by atoms with Crippen molar-refractivity contribution in [3.8, 4) is 0 Å². The van der Waals surface area contributed by atoms with E-state index in [0.29, 0.717) is 10.8 Å². The van der Waals surface area contributed by atoms with Crippen molar-refractivity contribution in [1.29, 1.82) is 0 Å². The second-order valence-electron chi connectivity index (χ2n) is 7.11. The van der Waals surface area contributed by atoms with Gasteiger partial charge < -0.3 is 9.88 Å². The number of fused-ring (bicyclic) bond motifs is 4. The number of thioether (sulfide) groups is 1. The van der Waals surface area contributed by atoms with E-state index in [4.69, 9.17) is 0 Å². The SMILES string of the molecule is C[C@@H](Sc1nnc2c(n1)[nH]c1ccccc12)C(=O)N1c2ccccc2C[C@@H]1C. The van der Waals surface area contributed by atoms with Crippen molar-refractivity contribution in [3.05, 3.63) is 54.1 Å². The predicted molar refractivity (Wildman–Crippen MR) is 112 cm³/mol. The summed E-state index contributed by atoms with van der Waals surface area (Å²) in [7, 11) is 0. The molecule has 0 aliphatic carbocycles. The highest BCUT2D eigenvalue weighted by Crippen LogP contribution is 2.34. The van der Waals surface area contributed by atoms with Crippen LogP contribution in [0.3, 0.4) is 0 Å². The third-order valence-corrected chi connectivity index (χ3v) is 6.12. The Labute approximate surface area is 166 Å². The number of aromatic amines is 1. The van der Waals surface area contributed by atoms with Crippen molar-refractivity contribution >= 4 is 45.4 Å². The minimum atomic E-state index is -0.308. The quantitative estimate of drug-likeness (QED) is 0.537. The molecule has 2 atom stereocenters. The van der Waals surface area contributed by atoms with Crippen molar-refractivity contribution < 1.29 is 4.79 Å². The molecule has 0 saturated heterocycles. The topological polar surface area (TPSA) is 74.8 Å². The summed E-state index contributed by atoms with van der Waals surface area (Å²) >= 11 is 1.34. The van der Waals surface area contributed by atoms with E-state index in [1.807, 2.05) is 54.3 Å².